The van der Waals surface area contributed by atoms with Crippen molar-refractivity contribution >= 4 is 16.5 Å². The fourth-order valence-electron chi connectivity index (χ4n) is 1.26. The molecule has 2 rings (SSSR count). The van der Waals surface area contributed by atoms with Crippen LogP contribution in [0.2, 0.25) is 0 Å². The van der Waals surface area contributed by atoms with Crippen LogP contribution >= 0.6 is 11.3 Å². The number of thiazole rings is 1. The summed E-state index contributed by atoms with van der Waals surface area (Å²) in [5.74, 6) is 0. The largest absolute Gasteiger partial charge is 0.274 e. The van der Waals surface area contributed by atoms with Crippen molar-refractivity contribution in [3.8, 4) is 11.3 Å². The van der Waals surface area contributed by atoms with Gasteiger partial charge < -0.3 is 0 Å². The summed E-state index contributed by atoms with van der Waals surface area (Å²) >= 11 is 1.42. The molecule has 2 aromatic rings. The Morgan fingerprint density at radius 2 is 1.92 bits per heavy atom. The van der Waals surface area contributed by atoms with Crippen LogP contribution in [0.4, 0.5) is 5.13 Å². The average molecular weight is 189 g/mol. The number of nitrogens with one attached hydrogen (secondary N) is 1. The van der Waals surface area contributed by atoms with Crippen LogP contribution in [0.1, 0.15) is 4.88 Å². The molecular weight excluding hydrogens is 180 g/mol. The van der Waals surface area contributed by atoms with E-state index in [9.17, 15) is 0 Å². The number of rotatable bonds is 1. The Morgan fingerprint density at radius 1 is 1.23 bits per heavy atom. The molecule has 0 bridgehead atoms. The molecule has 0 amide bonds. The van der Waals surface area contributed by atoms with Crippen molar-refractivity contribution in [2.45, 2.75) is 6.92 Å². The maximum atomic E-state index is 7.41. The molecule has 2 nitrogen and oxygen atoms in total. The van der Waals surface area contributed by atoms with Gasteiger partial charge in [0.15, 0.2) is 0 Å². The summed E-state index contributed by atoms with van der Waals surface area (Å²) in [6.45, 7) is 2.00. The zero-order valence-electron chi connectivity index (χ0n) is 7.24. The summed E-state index contributed by atoms with van der Waals surface area (Å²) in [6, 6.07) is 9.98. The highest BCUT2D eigenvalue weighted by atomic mass is 32.1. The maximum Gasteiger partial charge on any atom is 0.202 e. The van der Waals surface area contributed by atoms with Gasteiger partial charge in [-0.05, 0) is 6.92 Å². The molecule has 0 aliphatic carbocycles. The fraction of sp³-hybridized carbons (Fsp3) is 0.100. The molecule has 0 saturated heterocycles. The van der Waals surface area contributed by atoms with E-state index in [1.807, 2.05) is 37.3 Å². The third-order valence-electron chi connectivity index (χ3n) is 1.84. The van der Waals surface area contributed by atoms with Gasteiger partial charge in [0, 0.05) is 10.4 Å². The van der Waals surface area contributed by atoms with Gasteiger partial charge in [-0.3, -0.25) is 5.73 Å². The van der Waals surface area contributed by atoms with E-state index in [2.05, 4.69) is 4.98 Å². The molecule has 1 heterocycles. The van der Waals surface area contributed by atoms with Crippen LogP contribution in [-0.4, -0.2) is 4.98 Å². The van der Waals surface area contributed by atoms with Crippen LogP contribution < -0.4 is 5.73 Å². The molecule has 0 saturated carbocycles. The van der Waals surface area contributed by atoms with Gasteiger partial charge >= 0.3 is 0 Å². The van der Waals surface area contributed by atoms with Crippen LogP contribution in [-0.2, 0) is 0 Å². The van der Waals surface area contributed by atoms with Crippen molar-refractivity contribution < 1.29 is 0 Å². The normalized spacial score (nSPS) is 10.2. The van der Waals surface area contributed by atoms with E-state index in [0.717, 1.165) is 16.1 Å². The second kappa shape index (κ2) is 3.18. The molecule has 0 aliphatic heterocycles. The highest BCUT2D eigenvalue weighted by molar-refractivity contribution is 7.15. The van der Waals surface area contributed by atoms with Crippen LogP contribution in [0.3, 0.4) is 0 Å². The summed E-state index contributed by atoms with van der Waals surface area (Å²) in [5.41, 5.74) is 9.45. The predicted molar refractivity (Wildman–Crippen MR) is 55.0 cm³/mol. The first-order chi connectivity index (χ1) is 6.27. The predicted octanol–water partition coefficient (Wildman–Crippen LogP) is 3.03. The van der Waals surface area contributed by atoms with E-state index >= 15 is 0 Å². The molecule has 0 atom stereocenters. The third kappa shape index (κ3) is 1.55. The minimum atomic E-state index is 0.386. The minimum Gasteiger partial charge on any atom is -0.274 e. The Hall–Kier alpha value is -1.35. The van der Waals surface area contributed by atoms with Gasteiger partial charge in [0.2, 0.25) is 5.13 Å². The topological polar surface area (TPSA) is 36.7 Å². The van der Waals surface area contributed by atoms with Crippen molar-refractivity contribution in [1.29, 1.82) is 0 Å². The third-order valence-corrected chi connectivity index (χ3v) is 2.63. The second-order valence-corrected chi connectivity index (χ2v) is 3.99. The van der Waals surface area contributed by atoms with E-state index in [0.29, 0.717) is 5.13 Å². The Bertz CT molecular complexity index is 406. The van der Waals surface area contributed by atoms with E-state index in [1.54, 1.807) is 0 Å². The van der Waals surface area contributed by atoms with Crippen LogP contribution in [0, 0.1) is 6.92 Å². The summed E-state index contributed by atoms with van der Waals surface area (Å²) in [5, 5.41) is 0.386. The first-order valence-corrected chi connectivity index (χ1v) is 4.83. The smallest absolute Gasteiger partial charge is 0.202 e. The fourth-order valence-corrected chi connectivity index (χ4v) is 1.95. The Morgan fingerprint density at radius 3 is 2.46 bits per heavy atom. The maximum absolute atomic E-state index is 7.41. The summed E-state index contributed by atoms with van der Waals surface area (Å²) in [6.07, 6.45) is 0. The first-order valence-electron chi connectivity index (χ1n) is 4.02. The lowest BCUT2D eigenvalue weighted by Crippen LogP contribution is -1.78. The molecule has 65 valence electrons. The second-order valence-electron chi connectivity index (χ2n) is 2.79. The van der Waals surface area contributed by atoms with Gasteiger partial charge in [-0.25, -0.2) is 4.98 Å². The van der Waals surface area contributed by atoms with Crippen molar-refractivity contribution in [3.05, 3.63) is 35.2 Å². The van der Waals surface area contributed by atoms with Crippen molar-refractivity contribution in [1.82, 2.24) is 10.7 Å². The summed E-state index contributed by atoms with van der Waals surface area (Å²) in [4.78, 5) is 5.27. The van der Waals surface area contributed by atoms with Crippen LogP contribution in [0.25, 0.3) is 11.3 Å². The molecule has 1 radical (unpaired) electrons. The van der Waals surface area contributed by atoms with Gasteiger partial charge in [0.25, 0.3) is 0 Å². The molecule has 3 heteroatoms. The molecule has 1 aromatic heterocycles. The lowest BCUT2D eigenvalue weighted by Gasteiger charge is -1.95. The van der Waals surface area contributed by atoms with Crippen LogP contribution in [0.15, 0.2) is 30.3 Å². The molecule has 0 fully saturated rings. The van der Waals surface area contributed by atoms with E-state index in [-0.39, 0.29) is 0 Å². The van der Waals surface area contributed by atoms with Gasteiger partial charge in [0.1, 0.15) is 0 Å². The molecule has 0 spiro atoms. The highest BCUT2D eigenvalue weighted by Gasteiger charge is 2.06. The number of nitrogens with zero attached hydrogens (tertiary/aromatic N) is 1. The Balaban J connectivity index is 2.53. The van der Waals surface area contributed by atoms with E-state index in [4.69, 9.17) is 5.73 Å². The van der Waals surface area contributed by atoms with Crippen molar-refractivity contribution in [2.24, 2.45) is 0 Å². The van der Waals surface area contributed by atoms with Gasteiger partial charge in [-0.1, -0.05) is 30.3 Å². The number of aryl methyl sites for hydroxylation is 1. The average Bonchev–Trinajstić information content (AvgIpc) is 2.47. The van der Waals surface area contributed by atoms with Gasteiger partial charge in [0.05, 0.1) is 5.69 Å². The van der Waals surface area contributed by atoms with Crippen molar-refractivity contribution in [3.63, 3.8) is 0 Å². The number of hydrogen-bond acceptors (Lipinski definition) is 2. The summed E-state index contributed by atoms with van der Waals surface area (Å²) < 4.78 is 0. The standard InChI is InChI=1S/C10H9N2S/c1-7-9(12-10(11)13-7)8-5-3-2-4-6-8/h2-6,11H,1H3. The van der Waals surface area contributed by atoms with E-state index < -0.39 is 0 Å². The Kier molecular flexibility index (Phi) is 2.02. The number of hydrogen-bond donors (Lipinski definition) is 0. The SMILES string of the molecule is Cc1sc([NH])nc1-c1ccccc1. The highest BCUT2D eigenvalue weighted by Crippen LogP contribution is 2.28. The zero-order chi connectivity index (χ0) is 9.26. The Labute approximate surface area is 81.1 Å². The molecular formula is C10H9N2S. The molecule has 1 aromatic carbocycles. The van der Waals surface area contributed by atoms with Crippen molar-refractivity contribution in [2.75, 3.05) is 0 Å². The minimum absolute atomic E-state index is 0.386. The van der Waals surface area contributed by atoms with Crippen LogP contribution in [0.5, 0.6) is 0 Å². The van der Waals surface area contributed by atoms with E-state index in [1.165, 1.54) is 11.3 Å². The lowest BCUT2D eigenvalue weighted by molar-refractivity contribution is 1.32. The molecule has 13 heavy (non-hydrogen) atoms. The van der Waals surface area contributed by atoms with Gasteiger partial charge in [-0.2, -0.15) is 0 Å². The molecule has 0 unspecified atom stereocenters. The molecule has 0 aliphatic rings. The molecule has 1 N–H and O–H groups in total. The summed E-state index contributed by atoms with van der Waals surface area (Å²) in [7, 11) is 0. The quantitative estimate of drug-likeness (QED) is 0.679. The van der Waals surface area contributed by atoms with Gasteiger partial charge in [-0.15, -0.1) is 11.3 Å². The number of aromatic nitrogens is 1. The first kappa shape index (κ1) is 8.26. The monoisotopic (exact) mass is 189 g/mol. The lowest BCUT2D eigenvalue weighted by atomic mass is 10.1. The zero-order valence-corrected chi connectivity index (χ0v) is 8.06. The number of benzene rings is 1.